The molecule has 0 spiro atoms. The van der Waals surface area contributed by atoms with Gasteiger partial charge in [0.15, 0.2) is 0 Å². The summed E-state index contributed by atoms with van der Waals surface area (Å²) in [6.45, 7) is 0. The molecule has 0 unspecified atom stereocenters. The predicted octanol–water partition coefficient (Wildman–Crippen LogP) is 3.59. The molecule has 0 radical (unpaired) electrons. The summed E-state index contributed by atoms with van der Waals surface area (Å²) in [5.41, 5.74) is 5.78. The standard InChI is InChI=1S/C20H20O2/c21-19(22)20(12-17-4-1-2-5-18(17)13-20)11-14-8-9-15-6-3-7-16(15)10-14/h1-2,4-5,8-10H,3,6-7,11-13H2,(H,21,22). The van der Waals surface area contributed by atoms with Gasteiger partial charge in [-0.05, 0) is 66.3 Å². The van der Waals surface area contributed by atoms with Crippen LogP contribution in [-0.4, -0.2) is 11.1 Å². The number of benzene rings is 2. The molecule has 2 aromatic rings. The highest BCUT2D eigenvalue weighted by Crippen LogP contribution is 2.40. The van der Waals surface area contributed by atoms with Gasteiger partial charge in [0.25, 0.3) is 0 Å². The molecule has 0 saturated carbocycles. The lowest BCUT2D eigenvalue weighted by atomic mass is 9.78. The van der Waals surface area contributed by atoms with Crippen molar-refractivity contribution in [1.29, 1.82) is 0 Å². The summed E-state index contributed by atoms with van der Waals surface area (Å²) in [6.07, 6.45) is 5.47. The second-order valence-corrected chi connectivity index (χ2v) is 6.84. The lowest BCUT2D eigenvalue weighted by molar-refractivity contribution is -0.148. The molecule has 2 aliphatic carbocycles. The molecule has 0 aromatic heterocycles. The molecule has 4 rings (SSSR count). The van der Waals surface area contributed by atoms with Crippen molar-refractivity contribution in [2.45, 2.75) is 38.5 Å². The fourth-order valence-corrected chi connectivity index (χ4v) is 4.17. The molecule has 0 amide bonds. The average molecular weight is 292 g/mol. The van der Waals surface area contributed by atoms with Crippen molar-refractivity contribution in [3.05, 3.63) is 70.3 Å². The Kier molecular flexibility index (Phi) is 3.07. The van der Waals surface area contributed by atoms with E-state index in [0.717, 1.165) is 6.42 Å². The first-order valence-corrected chi connectivity index (χ1v) is 8.07. The van der Waals surface area contributed by atoms with E-state index in [0.29, 0.717) is 19.3 Å². The van der Waals surface area contributed by atoms with Crippen LogP contribution in [0.4, 0.5) is 0 Å². The minimum atomic E-state index is -0.670. The van der Waals surface area contributed by atoms with Crippen LogP contribution in [-0.2, 0) is 36.9 Å². The molecule has 112 valence electrons. The Hall–Kier alpha value is -2.09. The Balaban J connectivity index is 1.66. The van der Waals surface area contributed by atoms with E-state index in [1.54, 1.807) is 0 Å². The molecule has 0 atom stereocenters. The van der Waals surface area contributed by atoms with Crippen LogP contribution < -0.4 is 0 Å². The Morgan fingerprint density at radius 1 is 0.955 bits per heavy atom. The second-order valence-electron chi connectivity index (χ2n) is 6.84. The maximum Gasteiger partial charge on any atom is 0.310 e. The van der Waals surface area contributed by atoms with Crippen molar-refractivity contribution >= 4 is 5.97 Å². The number of carboxylic acid groups (broad SMARTS) is 1. The monoisotopic (exact) mass is 292 g/mol. The van der Waals surface area contributed by atoms with Crippen molar-refractivity contribution in [2.24, 2.45) is 5.41 Å². The molecule has 1 N–H and O–H groups in total. The quantitative estimate of drug-likeness (QED) is 0.938. The summed E-state index contributed by atoms with van der Waals surface area (Å²) < 4.78 is 0. The van der Waals surface area contributed by atoms with Gasteiger partial charge in [-0.1, -0.05) is 42.5 Å². The third-order valence-corrected chi connectivity index (χ3v) is 5.34. The summed E-state index contributed by atoms with van der Waals surface area (Å²) >= 11 is 0. The molecule has 2 aliphatic rings. The number of rotatable bonds is 3. The van der Waals surface area contributed by atoms with Gasteiger partial charge < -0.3 is 5.11 Å². The van der Waals surface area contributed by atoms with Crippen LogP contribution in [0.5, 0.6) is 0 Å². The molecule has 0 saturated heterocycles. The number of carbonyl (C=O) groups is 1. The molecule has 2 heteroatoms. The van der Waals surface area contributed by atoms with Crippen molar-refractivity contribution < 1.29 is 9.90 Å². The first-order chi connectivity index (χ1) is 10.7. The highest BCUT2D eigenvalue weighted by molar-refractivity contribution is 5.77. The van der Waals surface area contributed by atoms with E-state index in [4.69, 9.17) is 0 Å². The van der Waals surface area contributed by atoms with Gasteiger partial charge in [0.1, 0.15) is 0 Å². The Morgan fingerprint density at radius 3 is 2.32 bits per heavy atom. The maximum atomic E-state index is 12.0. The van der Waals surface area contributed by atoms with Gasteiger partial charge in [-0.15, -0.1) is 0 Å². The number of carboxylic acids is 1. The second kappa shape index (κ2) is 4.98. The van der Waals surface area contributed by atoms with Crippen LogP contribution in [0.3, 0.4) is 0 Å². The summed E-state index contributed by atoms with van der Waals surface area (Å²) in [4.78, 5) is 12.0. The summed E-state index contributed by atoms with van der Waals surface area (Å²) in [5, 5.41) is 9.89. The zero-order chi connectivity index (χ0) is 15.2. The molecule has 0 heterocycles. The number of hydrogen-bond acceptors (Lipinski definition) is 1. The predicted molar refractivity (Wildman–Crippen MR) is 86.1 cm³/mol. The van der Waals surface area contributed by atoms with Crippen molar-refractivity contribution in [3.8, 4) is 0 Å². The van der Waals surface area contributed by atoms with Gasteiger partial charge in [-0.25, -0.2) is 0 Å². The molecular formula is C20H20O2. The number of aryl methyl sites for hydroxylation is 2. The number of hydrogen-bond donors (Lipinski definition) is 1. The summed E-state index contributed by atoms with van der Waals surface area (Å²) in [6, 6.07) is 14.7. The molecular weight excluding hydrogens is 272 g/mol. The van der Waals surface area contributed by atoms with Gasteiger partial charge in [0.2, 0.25) is 0 Å². The normalized spacial score (nSPS) is 18.0. The van der Waals surface area contributed by atoms with E-state index in [-0.39, 0.29) is 0 Å². The summed E-state index contributed by atoms with van der Waals surface area (Å²) in [5.74, 6) is -0.663. The maximum absolute atomic E-state index is 12.0. The lowest BCUT2D eigenvalue weighted by Gasteiger charge is -2.24. The molecule has 0 aliphatic heterocycles. The van der Waals surface area contributed by atoms with Crippen molar-refractivity contribution in [3.63, 3.8) is 0 Å². The van der Waals surface area contributed by atoms with E-state index < -0.39 is 11.4 Å². The van der Waals surface area contributed by atoms with Crippen molar-refractivity contribution in [1.82, 2.24) is 0 Å². The smallest absolute Gasteiger partial charge is 0.310 e. The SMILES string of the molecule is O=C(O)C1(Cc2ccc3c(c2)CCC3)Cc2ccccc2C1. The van der Waals surface area contributed by atoms with E-state index >= 15 is 0 Å². The zero-order valence-electron chi connectivity index (χ0n) is 12.6. The molecule has 2 aromatic carbocycles. The first kappa shape index (κ1) is 13.6. The minimum Gasteiger partial charge on any atom is -0.481 e. The van der Waals surface area contributed by atoms with Gasteiger partial charge in [0.05, 0.1) is 5.41 Å². The van der Waals surface area contributed by atoms with Crippen LogP contribution in [0, 0.1) is 5.41 Å². The van der Waals surface area contributed by atoms with Crippen molar-refractivity contribution in [2.75, 3.05) is 0 Å². The summed E-state index contributed by atoms with van der Waals surface area (Å²) in [7, 11) is 0. The third-order valence-electron chi connectivity index (χ3n) is 5.34. The van der Waals surface area contributed by atoms with Crippen LogP contribution in [0.15, 0.2) is 42.5 Å². The average Bonchev–Trinajstić information content (AvgIpc) is 3.10. The fraction of sp³-hybridized carbons (Fsp3) is 0.350. The first-order valence-electron chi connectivity index (χ1n) is 8.07. The Bertz CT molecular complexity index is 720. The van der Waals surface area contributed by atoms with Crippen LogP contribution in [0.25, 0.3) is 0 Å². The topological polar surface area (TPSA) is 37.3 Å². The van der Waals surface area contributed by atoms with Gasteiger partial charge in [-0.3, -0.25) is 4.79 Å². The minimum absolute atomic E-state index is 0.629. The molecule has 2 nitrogen and oxygen atoms in total. The van der Waals surface area contributed by atoms with E-state index in [1.807, 2.05) is 12.1 Å². The molecule has 0 bridgehead atoms. The Morgan fingerprint density at radius 2 is 1.64 bits per heavy atom. The Labute approximate surface area is 130 Å². The lowest BCUT2D eigenvalue weighted by Crippen LogP contribution is -2.34. The molecule has 22 heavy (non-hydrogen) atoms. The van der Waals surface area contributed by atoms with Gasteiger partial charge in [-0.2, -0.15) is 0 Å². The van der Waals surface area contributed by atoms with E-state index in [2.05, 4.69) is 30.3 Å². The number of fused-ring (bicyclic) bond motifs is 2. The third kappa shape index (κ3) is 2.14. The highest BCUT2D eigenvalue weighted by atomic mass is 16.4. The fourth-order valence-electron chi connectivity index (χ4n) is 4.17. The van der Waals surface area contributed by atoms with Crippen LogP contribution in [0.2, 0.25) is 0 Å². The van der Waals surface area contributed by atoms with Gasteiger partial charge >= 0.3 is 5.97 Å². The molecule has 0 fully saturated rings. The largest absolute Gasteiger partial charge is 0.481 e. The van der Waals surface area contributed by atoms with Crippen LogP contribution in [0.1, 0.15) is 34.2 Å². The van der Waals surface area contributed by atoms with Gasteiger partial charge in [0, 0.05) is 0 Å². The zero-order valence-corrected chi connectivity index (χ0v) is 12.6. The van der Waals surface area contributed by atoms with E-state index in [1.165, 1.54) is 40.7 Å². The van der Waals surface area contributed by atoms with E-state index in [9.17, 15) is 9.90 Å². The highest BCUT2D eigenvalue weighted by Gasteiger charge is 2.43. The number of aliphatic carboxylic acids is 1. The van der Waals surface area contributed by atoms with Crippen LogP contribution >= 0.6 is 0 Å².